The lowest BCUT2D eigenvalue weighted by atomic mass is 10.1. The molecule has 0 aromatic heterocycles. The van der Waals surface area contributed by atoms with Gasteiger partial charge in [0.25, 0.3) is 0 Å². The second-order valence-electron chi connectivity index (χ2n) is 3.51. The Kier molecular flexibility index (Phi) is 4.17. The van der Waals surface area contributed by atoms with Crippen molar-refractivity contribution in [3.8, 4) is 5.75 Å². The Labute approximate surface area is 95.3 Å². The lowest BCUT2D eigenvalue weighted by molar-refractivity contribution is 0.0502. The fourth-order valence-electron chi connectivity index (χ4n) is 1.35. The van der Waals surface area contributed by atoms with Crippen LogP contribution in [0.3, 0.4) is 0 Å². The third kappa shape index (κ3) is 2.45. The maximum atomic E-state index is 11.8. The number of methoxy groups -OCH3 is 1. The lowest BCUT2D eigenvalue weighted by Gasteiger charge is -2.12. The molecule has 16 heavy (non-hydrogen) atoms. The largest absolute Gasteiger partial charge is 0.496 e. The van der Waals surface area contributed by atoms with Crippen LogP contribution in [0.5, 0.6) is 5.75 Å². The third-order valence-corrected chi connectivity index (χ3v) is 2.29. The minimum absolute atomic E-state index is 0.316. The highest BCUT2D eigenvalue weighted by atomic mass is 16.5. The number of hydrogen-bond donors (Lipinski definition) is 1. The van der Waals surface area contributed by atoms with Gasteiger partial charge in [0.2, 0.25) is 0 Å². The summed E-state index contributed by atoms with van der Waals surface area (Å²) in [5.74, 6) is 0.0177. The van der Waals surface area contributed by atoms with Gasteiger partial charge in [-0.3, -0.25) is 0 Å². The number of ether oxygens (including phenoxy) is 2. The molecular weight excluding hydrogens is 206 g/mol. The first-order chi connectivity index (χ1) is 7.61. The van der Waals surface area contributed by atoms with Gasteiger partial charge in [-0.1, -0.05) is 13.0 Å². The van der Waals surface area contributed by atoms with Crippen LogP contribution in [-0.2, 0) is 4.74 Å². The summed E-state index contributed by atoms with van der Waals surface area (Å²) in [5.41, 5.74) is 7.42. The standard InChI is InChI=1S/C12H17NO3/c1-4-7-16-12(14)10-9(15-3)6-5-8(2)11(10)13/h5-6H,4,7,13H2,1-3H3. The maximum absolute atomic E-state index is 11.8. The minimum atomic E-state index is -0.431. The average Bonchev–Trinajstić information content (AvgIpc) is 2.29. The normalized spacial score (nSPS) is 9.94. The zero-order valence-corrected chi connectivity index (χ0v) is 9.87. The van der Waals surface area contributed by atoms with E-state index in [1.807, 2.05) is 19.9 Å². The molecule has 0 amide bonds. The second-order valence-corrected chi connectivity index (χ2v) is 3.51. The number of esters is 1. The topological polar surface area (TPSA) is 61.5 Å². The van der Waals surface area contributed by atoms with Crippen LogP contribution in [0.2, 0.25) is 0 Å². The third-order valence-electron chi connectivity index (χ3n) is 2.29. The van der Waals surface area contributed by atoms with Crippen LogP contribution in [0.1, 0.15) is 29.3 Å². The average molecular weight is 223 g/mol. The molecule has 2 N–H and O–H groups in total. The molecule has 0 bridgehead atoms. The van der Waals surface area contributed by atoms with Gasteiger partial charge in [0, 0.05) is 0 Å². The molecule has 0 aliphatic carbocycles. The van der Waals surface area contributed by atoms with Crippen LogP contribution in [-0.4, -0.2) is 19.7 Å². The van der Waals surface area contributed by atoms with E-state index in [0.717, 1.165) is 12.0 Å². The summed E-state index contributed by atoms with van der Waals surface area (Å²) in [6, 6.07) is 3.53. The molecule has 4 nitrogen and oxygen atoms in total. The van der Waals surface area contributed by atoms with Gasteiger partial charge in [-0.25, -0.2) is 4.79 Å². The van der Waals surface area contributed by atoms with E-state index in [4.69, 9.17) is 15.2 Å². The van der Waals surface area contributed by atoms with Crippen molar-refractivity contribution >= 4 is 11.7 Å². The Morgan fingerprint density at radius 3 is 2.69 bits per heavy atom. The smallest absolute Gasteiger partial charge is 0.344 e. The van der Waals surface area contributed by atoms with E-state index >= 15 is 0 Å². The first kappa shape index (κ1) is 12.4. The van der Waals surface area contributed by atoms with E-state index < -0.39 is 5.97 Å². The van der Waals surface area contributed by atoms with Crippen molar-refractivity contribution in [2.75, 3.05) is 19.5 Å². The van der Waals surface area contributed by atoms with Gasteiger partial charge in [-0.15, -0.1) is 0 Å². The maximum Gasteiger partial charge on any atom is 0.344 e. The first-order valence-electron chi connectivity index (χ1n) is 5.22. The summed E-state index contributed by atoms with van der Waals surface area (Å²) in [5, 5.41) is 0. The van der Waals surface area contributed by atoms with Crippen molar-refractivity contribution < 1.29 is 14.3 Å². The van der Waals surface area contributed by atoms with Crippen molar-refractivity contribution in [3.63, 3.8) is 0 Å². The molecule has 0 aliphatic heterocycles. The summed E-state index contributed by atoms with van der Waals surface area (Å²) >= 11 is 0. The molecule has 88 valence electrons. The van der Waals surface area contributed by atoms with E-state index in [1.165, 1.54) is 7.11 Å². The molecule has 4 heteroatoms. The summed E-state index contributed by atoms with van der Waals surface area (Å²) in [4.78, 5) is 11.8. The predicted molar refractivity (Wildman–Crippen MR) is 62.7 cm³/mol. The molecule has 0 heterocycles. The number of carbonyl (C=O) groups excluding carboxylic acids is 1. The Balaban J connectivity index is 3.09. The van der Waals surface area contributed by atoms with E-state index in [1.54, 1.807) is 6.07 Å². The van der Waals surface area contributed by atoms with E-state index in [-0.39, 0.29) is 0 Å². The van der Waals surface area contributed by atoms with Gasteiger partial charge in [0.15, 0.2) is 0 Å². The molecule has 0 saturated carbocycles. The van der Waals surface area contributed by atoms with Crippen molar-refractivity contribution in [2.45, 2.75) is 20.3 Å². The molecule has 1 rings (SSSR count). The minimum Gasteiger partial charge on any atom is -0.496 e. The lowest BCUT2D eigenvalue weighted by Crippen LogP contribution is -2.11. The van der Waals surface area contributed by atoms with Gasteiger partial charge in [-0.05, 0) is 25.0 Å². The number of hydrogen-bond acceptors (Lipinski definition) is 4. The van der Waals surface area contributed by atoms with Crippen LogP contribution in [0, 0.1) is 6.92 Å². The molecule has 0 spiro atoms. The number of benzene rings is 1. The van der Waals surface area contributed by atoms with Crippen LogP contribution in [0.4, 0.5) is 5.69 Å². The van der Waals surface area contributed by atoms with Gasteiger partial charge in [0.05, 0.1) is 19.4 Å². The summed E-state index contributed by atoms with van der Waals surface area (Å²) in [7, 11) is 1.50. The van der Waals surface area contributed by atoms with Crippen LogP contribution >= 0.6 is 0 Å². The molecular formula is C12H17NO3. The highest BCUT2D eigenvalue weighted by Crippen LogP contribution is 2.28. The van der Waals surface area contributed by atoms with Gasteiger partial charge in [-0.2, -0.15) is 0 Å². The zero-order valence-electron chi connectivity index (χ0n) is 9.87. The second kappa shape index (κ2) is 5.39. The predicted octanol–water partition coefficient (Wildman–Crippen LogP) is 2.15. The van der Waals surface area contributed by atoms with Crippen LogP contribution in [0.25, 0.3) is 0 Å². The van der Waals surface area contributed by atoms with Gasteiger partial charge in [0.1, 0.15) is 11.3 Å². The molecule has 0 fully saturated rings. The number of nitrogens with two attached hydrogens (primary N) is 1. The van der Waals surface area contributed by atoms with Crippen LogP contribution < -0.4 is 10.5 Å². The number of rotatable bonds is 4. The summed E-state index contributed by atoms with van der Waals surface area (Å²) in [6.45, 7) is 4.16. The van der Waals surface area contributed by atoms with Crippen LogP contribution in [0.15, 0.2) is 12.1 Å². The Morgan fingerprint density at radius 2 is 2.12 bits per heavy atom. The molecule has 1 aromatic rings. The van der Waals surface area contributed by atoms with E-state index in [0.29, 0.717) is 23.6 Å². The Hall–Kier alpha value is -1.71. The molecule has 0 aliphatic rings. The fourth-order valence-corrected chi connectivity index (χ4v) is 1.35. The quantitative estimate of drug-likeness (QED) is 0.627. The zero-order chi connectivity index (χ0) is 12.1. The van der Waals surface area contributed by atoms with Gasteiger partial charge < -0.3 is 15.2 Å². The number of carbonyl (C=O) groups is 1. The van der Waals surface area contributed by atoms with Crippen molar-refractivity contribution in [3.05, 3.63) is 23.3 Å². The molecule has 0 unspecified atom stereocenters. The highest BCUT2D eigenvalue weighted by molar-refractivity contribution is 5.98. The summed E-state index contributed by atoms with van der Waals surface area (Å²) in [6.07, 6.45) is 0.778. The highest BCUT2D eigenvalue weighted by Gasteiger charge is 2.18. The molecule has 0 radical (unpaired) electrons. The SMILES string of the molecule is CCCOC(=O)c1c(OC)ccc(C)c1N. The monoisotopic (exact) mass is 223 g/mol. The molecule has 0 saturated heterocycles. The first-order valence-corrected chi connectivity index (χ1v) is 5.22. The number of nitrogen functional groups attached to an aromatic ring is 1. The Bertz CT molecular complexity index is 388. The van der Waals surface area contributed by atoms with Gasteiger partial charge >= 0.3 is 5.97 Å². The molecule has 1 aromatic carbocycles. The Morgan fingerprint density at radius 1 is 1.44 bits per heavy atom. The number of anilines is 1. The van der Waals surface area contributed by atoms with E-state index in [9.17, 15) is 4.79 Å². The fraction of sp³-hybridized carbons (Fsp3) is 0.417. The van der Waals surface area contributed by atoms with Crippen molar-refractivity contribution in [1.82, 2.24) is 0 Å². The van der Waals surface area contributed by atoms with Crippen molar-refractivity contribution in [1.29, 1.82) is 0 Å². The molecule has 0 atom stereocenters. The van der Waals surface area contributed by atoms with Crippen molar-refractivity contribution in [2.24, 2.45) is 0 Å². The number of aryl methyl sites for hydroxylation is 1. The summed E-state index contributed by atoms with van der Waals surface area (Å²) < 4.78 is 10.2. The van der Waals surface area contributed by atoms with E-state index in [2.05, 4.69) is 0 Å².